The van der Waals surface area contributed by atoms with Crippen LogP contribution in [0.15, 0.2) is 17.8 Å². The molecule has 1 N–H and O–H groups in total. The molecule has 0 spiro atoms. The van der Waals surface area contributed by atoms with E-state index in [1.807, 2.05) is 10.9 Å². The van der Waals surface area contributed by atoms with E-state index in [1.54, 1.807) is 11.3 Å². The Bertz CT molecular complexity index is 606. The van der Waals surface area contributed by atoms with Gasteiger partial charge in [0.2, 0.25) is 0 Å². The molecule has 0 saturated carbocycles. The average Bonchev–Trinajstić information content (AvgIpc) is 3.07. The van der Waals surface area contributed by atoms with Gasteiger partial charge in [0.25, 0.3) is 0 Å². The normalized spacial score (nSPS) is 15.3. The molecular formula is C17H28N4S. The summed E-state index contributed by atoms with van der Waals surface area (Å²) in [5.41, 5.74) is 2.49. The molecule has 2 atom stereocenters. The van der Waals surface area contributed by atoms with Crippen molar-refractivity contribution < 1.29 is 0 Å². The van der Waals surface area contributed by atoms with Crippen molar-refractivity contribution in [2.24, 2.45) is 0 Å². The zero-order valence-electron chi connectivity index (χ0n) is 14.7. The minimum absolute atomic E-state index is 0.110. The van der Waals surface area contributed by atoms with Crippen LogP contribution < -0.4 is 5.32 Å². The van der Waals surface area contributed by atoms with Crippen LogP contribution in [-0.2, 0) is 5.41 Å². The largest absolute Gasteiger partial charge is 0.301 e. The summed E-state index contributed by atoms with van der Waals surface area (Å²) in [4.78, 5) is 4.80. The fourth-order valence-electron chi connectivity index (χ4n) is 2.23. The van der Waals surface area contributed by atoms with Crippen molar-refractivity contribution in [3.63, 3.8) is 0 Å². The maximum absolute atomic E-state index is 4.80. The predicted octanol–water partition coefficient (Wildman–Crippen LogP) is 4.63. The van der Waals surface area contributed by atoms with Gasteiger partial charge < -0.3 is 5.32 Å². The van der Waals surface area contributed by atoms with E-state index in [2.05, 4.69) is 70.5 Å². The second kappa shape index (κ2) is 6.50. The Labute approximate surface area is 138 Å². The van der Waals surface area contributed by atoms with E-state index in [-0.39, 0.29) is 17.5 Å². The molecule has 4 nitrogen and oxygen atoms in total. The van der Waals surface area contributed by atoms with E-state index in [0.717, 1.165) is 5.01 Å². The Balaban J connectivity index is 2.04. The van der Waals surface area contributed by atoms with Crippen molar-refractivity contribution in [2.75, 3.05) is 0 Å². The highest BCUT2D eigenvalue weighted by atomic mass is 32.1. The molecular weight excluding hydrogens is 292 g/mol. The SMILES string of the molecule is CC(C)n1cc([C@H](C)N[C@H](C)c2nc(C(C)(C)C)cs2)cn1. The standard InChI is InChI=1S/C17H28N4S/c1-11(2)21-9-14(8-18-21)12(3)19-13(4)16-20-15(10-22-16)17(5,6)7/h8-13,19H,1-7H3/t12-,13+/m0/s1. The molecule has 0 aliphatic carbocycles. The van der Waals surface area contributed by atoms with E-state index in [9.17, 15) is 0 Å². The van der Waals surface area contributed by atoms with Crippen LogP contribution in [-0.4, -0.2) is 14.8 Å². The van der Waals surface area contributed by atoms with Crippen molar-refractivity contribution in [1.29, 1.82) is 0 Å². The summed E-state index contributed by atoms with van der Waals surface area (Å²) >= 11 is 1.74. The first-order valence-electron chi connectivity index (χ1n) is 7.94. The number of aromatic nitrogens is 3. The summed E-state index contributed by atoms with van der Waals surface area (Å²) in [5.74, 6) is 0. The summed E-state index contributed by atoms with van der Waals surface area (Å²) in [6.45, 7) is 15.2. The topological polar surface area (TPSA) is 42.7 Å². The van der Waals surface area contributed by atoms with Gasteiger partial charge in [-0.25, -0.2) is 4.98 Å². The number of hydrogen-bond donors (Lipinski definition) is 1. The average molecular weight is 321 g/mol. The minimum atomic E-state index is 0.110. The Kier molecular flexibility index (Phi) is 5.07. The van der Waals surface area contributed by atoms with Crippen LogP contribution in [0, 0.1) is 0 Å². The molecule has 5 heteroatoms. The molecule has 0 unspecified atom stereocenters. The van der Waals surface area contributed by atoms with Crippen molar-refractivity contribution >= 4 is 11.3 Å². The molecule has 0 amide bonds. The fourth-order valence-corrected chi connectivity index (χ4v) is 3.29. The van der Waals surface area contributed by atoms with Gasteiger partial charge in [0.1, 0.15) is 5.01 Å². The Morgan fingerprint density at radius 1 is 1.14 bits per heavy atom. The summed E-state index contributed by atoms with van der Waals surface area (Å²) in [7, 11) is 0. The van der Waals surface area contributed by atoms with Gasteiger partial charge in [-0.2, -0.15) is 5.10 Å². The van der Waals surface area contributed by atoms with E-state index < -0.39 is 0 Å². The summed E-state index contributed by atoms with van der Waals surface area (Å²) in [6, 6.07) is 0.884. The Morgan fingerprint density at radius 2 is 1.82 bits per heavy atom. The number of rotatable bonds is 5. The highest BCUT2D eigenvalue weighted by molar-refractivity contribution is 7.09. The molecule has 122 valence electrons. The highest BCUT2D eigenvalue weighted by Crippen LogP contribution is 2.28. The molecule has 0 fully saturated rings. The lowest BCUT2D eigenvalue weighted by Crippen LogP contribution is -2.22. The minimum Gasteiger partial charge on any atom is -0.301 e. The van der Waals surface area contributed by atoms with Crippen molar-refractivity contribution in [2.45, 2.75) is 72.0 Å². The molecule has 0 saturated heterocycles. The molecule has 0 bridgehead atoms. The number of hydrogen-bond acceptors (Lipinski definition) is 4. The van der Waals surface area contributed by atoms with E-state index in [1.165, 1.54) is 11.3 Å². The molecule has 2 aromatic heterocycles. The highest BCUT2D eigenvalue weighted by Gasteiger charge is 2.20. The lowest BCUT2D eigenvalue weighted by molar-refractivity contribution is 0.486. The Morgan fingerprint density at radius 3 is 2.32 bits per heavy atom. The second-order valence-electron chi connectivity index (χ2n) is 7.28. The van der Waals surface area contributed by atoms with Gasteiger partial charge in [-0.05, 0) is 27.7 Å². The third-order valence-electron chi connectivity index (χ3n) is 3.81. The van der Waals surface area contributed by atoms with E-state index >= 15 is 0 Å². The zero-order chi connectivity index (χ0) is 16.5. The molecule has 22 heavy (non-hydrogen) atoms. The van der Waals surface area contributed by atoms with Crippen molar-refractivity contribution in [3.8, 4) is 0 Å². The number of nitrogens with zero attached hydrogens (tertiary/aromatic N) is 3. The predicted molar refractivity (Wildman–Crippen MR) is 93.4 cm³/mol. The van der Waals surface area contributed by atoms with Crippen LogP contribution in [0.25, 0.3) is 0 Å². The van der Waals surface area contributed by atoms with Gasteiger partial charge in [0.05, 0.1) is 17.9 Å². The molecule has 2 heterocycles. The molecule has 0 radical (unpaired) electrons. The quantitative estimate of drug-likeness (QED) is 0.873. The van der Waals surface area contributed by atoms with Gasteiger partial charge >= 0.3 is 0 Å². The van der Waals surface area contributed by atoms with Gasteiger partial charge in [-0.15, -0.1) is 11.3 Å². The first-order chi connectivity index (χ1) is 10.2. The monoisotopic (exact) mass is 320 g/mol. The van der Waals surface area contributed by atoms with Crippen LogP contribution in [0.5, 0.6) is 0 Å². The van der Waals surface area contributed by atoms with Gasteiger partial charge in [-0.3, -0.25) is 4.68 Å². The number of nitrogens with one attached hydrogen (secondary N) is 1. The fraction of sp³-hybridized carbons (Fsp3) is 0.647. The number of thiazole rings is 1. The van der Waals surface area contributed by atoms with Gasteiger partial charge in [0.15, 0.2) is 0 Å². The maximum atomic E-state index is 4.80. The molecule has 0 aliphatic heterocycles. The lowest BCUT2D eigenvalue weighted by Gasteiger charge is -2.18. The third kappa shape index (κ3) is 3.96. The molecule has 2 rings (SSSR count). The van der Waals surface area contributed by atoms with Crippen molar-refractivity contribution in [1.82, 2.24) is 20.1 Å². The lowest BCUT2D eigenvalue weighted by atomic mass is 9.93. The second-order valence-corrected chi connectivity index (χ2v) is 8.17. The summed E-state index contributed by atoms with van der Waals surface area (Å²) in [6.07, 6.45) is 4.07. The van der Waals surface area contributed by atoms with Crippen LogP contribution in [0.4, 0.5) is 0 Å². The summed E-state index contributed by atoms with van der Waals surface area (Å²) in [5, 5.41) is 11.4. The molecule has 0 aliphatic rings. The molecule has 2 aromatic rings. The zero-order valence-corrected chi connectivity index (χ0v) is 15.5. The van der Waals surface area contributed by atoms with Crippen LogP contribution in [0.2, 0.25) is 0 Å². The maximum Gasteiger partial charge on any atom is 0.110 e. The first kappa shape index (κ1) is 17.2. The smallest absolute Gasteiger partial charge is 0.110 e. The van der Waals surface area contributed by atoms with Gasteiger partial charge in [-0.1, -0.05) is 20.8 Å². The van der Waals surface area contributed by atoms with Crippen molar-refractivity contribution in [3.05, 3.63) is 34.0 Å². The van der Waals surface area contributed by atoms with Gasteiger partial charge in [0, 0.05) is 34.6 Å². The third-order valence-corrected chi connectivity index (χ3v) is 4.84. The molecule has 0 aromatic carbocycles. The van der Waals surface area contributed by atoms with Crippen LogP contribution >= 0.6 is 11.3 Å². The van der Waals surface area contributed by atoms with E-state index in [0.29, 0.717) is 6.04 Å². The van der Waals surface area contributed by atoms with Crippen LogP contribution in [0.3, 0.4) is 0 Å². The Hall–Kier alpha value is -1.20. The first-order valence-corrected chi connectivity index (χ1v) is 8.82. The summed E-state index contributed by atoms with van der Waals surface area (Å²) < 4.78 is 2.00. The van der Waals surface area contributed by atoms with E-state index in [4.69, 9.17) is 4.98 Å². The van der Waals surface area contributed by atoms with Crippen LogP contribution in [0.1, 0.15) is 82.9 Å².